The molecule has 0 bridgehead atoms. The SMILES string of the molecule is COc1ccc(CCC(=O)c2c(O)cccc2O)cc1OP(=O)([O-])Oc1cc(CCC(=O)c2c(O)cccc2O)ccc1OC.[Na+]. The number of aromatic hydroxyl groups is 4. The van der Waals surface area contributed by atoms with E-state index in [1.807, 2.05) is 0 Å². The first-order valence-electron chi connectivity index (χ1n) is 13.5. The molecule has 0 saturated carbocycles. The van der Waals surface area contributed by atoms with Gasteiger partial charge in [-0.2, -0.15) is 0 Å². The summed E-state index contributed by atoms with van der Waals surface area (Å²) in [6.07, 6.45) is 0.00503. The summed E-state index contributed by atoms with van der Waals surface area (Å²) in [6.45, 7) is 0. The summed E-state index contributed by atoms with van der Waals surface area (Å²) in [5.41, 5.74) is 0.566. The minimum atomic E-state index is -5.13. The zero-order chi connectivity index (χ0) is 32.7. The second kappa shape index (κ2) is 15.9. The third kappa shape index (κ3) is 8.96. The Morgan fingerprint density at radius 1 is 0.630 bits per heavy atom. The van der Waals surface area contributed by atoms with Crippen LogP contribution in [0.1, 0.15) is 44.7 Å². The fourth-order valence-electron chi connectivity index (χ4n) is 4.55. The maximum Gasteiger partial charge on any atom is 1.00 e. The van der Waals surface area contributed by atoms with Crippen molar-refractivity contribution in [2.24, 2.45) is 0 Å². The molecular formula is C32H30NaO12P. The van der Waals surface area contributed by atoms with Gasteiger partial charge >= 0.3 is 37.4 Å². The predicted molar refractivity (Wildman–Crippen MR) is 160 cm³/mol. The molecule has 0 unspecified atom stereocenters. The van der Waals surface area contributed by atoms with Gasteiger partial charge in [-0.15, -0.1) is 0 Å². The van der Waals surface area contributed by atoms with Gasteiger partial charge in [-0.3, -0.25) is 9.59 Å². The average molecular weight is 661 g/mol. The van der Waals surface area contributed by atoms with Gasteiger partial charge in [-0.05, 0) is 72.5 Å². The van der Waals surface area contributed by atoms with Crippen molar-refractivity contribution in [2.45, 2.75) is 25.7 Å². The van der Waals surface area contributed by atoms with E-state index in [0.717, 1.165) is 0 Å². The number of ketones is 2. The predicted octanol–water partition coefficient (Wildman–Crippen LogP) is 2.09. The van der Waals surface area contributed by atoms with E-state index in [2.05, 4.69) is 0 Å². The van der Waals surface area contributed by atoms with Crippen molar-refractivity contribution < 1.29 is 87.6 Å². The van der Waals surface area contributed by atoms with Crippen molar-refractivity contribution in [3.05, 3.63) is 95.1 Å². The molecule has 14 heteroatoms. The van der Waals surface area contributed by atoms with Crippen LogP contribution in [0.2, 0.25) is 0 Å². The zero-order valence-electron chi connectivity index (χ0n) is 25.3. The molecule has 12 nitrogen and oxygen atoms in total. The second-order valence-electron chi connectivity index (χ2n) is 9.79. The van der Waals surface area contributed by atoms with Crippen LogP contribution in [0.4, 0.5) is 0 Å². The first kappa shape index (κ1) is 36.3. The largest absolute Gasteiger partial charge is 1.00 e. The second-order valence-corrected chi connectivity index (χ2v) is 11.0. The quantitative estimate of drug-likeness (QED) is 0.0876. The van der Waals surface area contributed by atoms with Gasteiger partial charge in [0.2, 0.25) is 0 Å². The number of carbonyl (C=O) groups excluding carboxylic acids is 2. The van der Waals surface area contributed by atoms with Crippen LogP contribution in [0.3, 0.4) is 0 Å². The number of phenolic OH excluding ortho intramolecular Hbond substituents is 4. The Labute approximate surface area is 286 Å². The van der Waals surface area contributed by atoms with E-state index in [1.54, 1.807) is 12.1 Å². The normalized spacial score (nSPS) is 10.8. The summed E-state index contributed by atoms with van der Waals surface area (Å²) in [5.74, 6) is -2.77. The van der Waals surface area contributed by atoms with Gasteiger partial charge in [0.15, 0.2) is 34.6 Å². The molecule has 0 amide bonds. The van der Waals surface area contributed by atoms with E-state index < -0.39 is 19.4 Å². The monoisotopic (exact) mass is 660 g/mol. The fraction of sp³-hybridized carbons (Fsp3) is 0.188. The molecule has 236 valence electrons. The van der Waals surface area contributed by atoms with Crippen molar-refractivity contribution in [2.75, 3.05) is 14.2 Å². The van der Waals surface area contributed by atoms with Crippen LogP contribution in [-0.4, -0.2) is 46.2 Å². The Morgan fingerprint density at radius 2 is 0.978 bits per heavy atom. The van der Waals surface area contributed by atoms with Crippen LogP contribution in [0.15, 0.2) is 72.8 Å². The molecule has 0 aliphatic rings. The molecule has 0 fully saturated rings. The van der Waals surface area contributed by atoms with Crippen molar-refractivity contribution in [1.29, 1.82) is 0 Å². The Kier molecular flexibility index (Phi) is 12.5. The smallest absolute Gasteiger partial charge is 0.736 e. The summed E-state index contributed by atoms with van der Waals surface area (Å²) < 4.78 is 34.0. The van der Waals surface area contributed by atoms with Gasteiger partial charge in [-0.1, -0.05) is 24.3 Å². The summed E-state index contributed by atoms with van der Waals surface area (Å²) in [5, 5.41) is 39.8. The van der Waals surface area contributed by atoms with Gasteiger partial charge in [0.25, 0.3) is 0 Å². The summed E-state index contributed by atoms with van der Waals surface area (Å²) in [4.78, 5) is 38.3. The number of hydrogen-bond acceptors (Lipinski definition) is 12. The van der Waals surface area contributed by atoms with Crippen LogP contribution in [-0.2, 0) is 17.4 Å². The number of rotatable bonds is 14. The standard InChI is InChI=1S/C32H31O12P.Na/c1-41-27-15-11-19(9-13-25(37)31-21(33)5-3-6-22(31)34)17-29(27)43-45(39,40)44-30-18-20(12-16-28(30)42-2)10-14-26(38)32-23(35)7-4-8-24(32)36;/h3-8,11-12,15-18,33-36H,9-10,13-14H2,1-2H3,(H,39,40);/q;+1/p-1. The van der Waals surface area contributed by atoms with E-state index in [1.165, 1.54) is 74.9 Å². The van der Waals surface area contributed by atoms with Crippen LogP contribution in [0.25, 0.3) is 0 Å². The number of phosphoric ester groups is 1. The molecule has 4 N–H and O–H groups in total. The van der Waals surface area contributed by atoms with Crippen LogP contribution < -0.4 is 53.0 Å². The number of ether oxygens (including phenoxy) is 2. The van der Waals surface area contributed by atoms with Gasteiger partial charge in [0, 0.05) is 12.8 Å². The third-order valence-corrected chi connectivity index (χ3v) is 7.60. The number of hydrogen-bond donors (Lipinski definition) is 4. The Hall–Kier alpha value is -4.19. The molecule has 0 aliphatic heterocycles. The van der Waals surface area contributed by atoms with Crippen LogP contribution >= 0.6 is 7.82 Å². The minimum absolute atomic E-state index is 0. The molecule has 0 saturated heterocycles. The Bertz CT molecular complexity index is 1610. The molecule has 0 aromatic heterocycles. The van der Waals surface area contributed by atoms with Crippen molar-refractivity contribution in [3.8, 4) is 46.0 Å². The number of phosphoric acid groups is 1. The number of methoxy groups -OCH3 is 2. The summed E-state index contributed by atoms with van der Waals surface area (Å²) in [6, 6.07) is 16.7. The van der Waals surface area contributed by atoms with E-state index in [-0.39, 0.29) is 112 Å². The minimum Gasteiger partial charge on any atom is -0.736 e. The average Bonchev–Trinajstić information content (AvgIpc) is 2.98. The first-order valence-corrected chi connectivity index (χ1v) is 15.0. The molecule has 4 aromatic rings. The van der Waals surface area contributed by atoms with Crippen molar-refractivity contribution in [3.63, 3.8) is 0 Å². The molecule has 46 heavy (non-hydrogen) atoms. The molecule has 0 spiro atoms. The van der Waals surface area contributed by atoms with E-state index >= 15 is 0 Å². The van der Waals surface area contributed by atoms with E-state index in [9.17, 15) is 39.5 Å². The van der Waals surface area contributed by atoms with Gasteiger partial charge < -0.3 is 43.8 Å². The number of phenols is 4. The molecule has 0 aliphatic carbocycles. The zero-order valence-corrected chi connectivity index (χ0v) is 28.2. The van der Waals surface area contributed by atoms with E-state index in [0.29, 0.717) is 11.1 Å². The maximum absolute atomic E-state index is 13.0. The van der Waals surface area contributed by atoms with Gasteiger partial charge in [-0.25, -0.2) is 4.57 Å². The number of carbonyl (C=O) groups is 2. The van der Waals surface area contributed by atoms with Crippen LogP contribution in [0, 0.1) is 0 Å². The first-order chi connectivity index (χ1) is 21.4. The topological polar surface area (TPSA) is 192 Å². The summed E-state index contributed by atoms with van der Waals surface area (Å²) in [7, 11) is -2.51. The molecular weight excluding hydrogens is 630 g/mol. The molecule has 0 atom stereocenters. The van der Waals surface area contributed by atoms with Gasteiger partial charge in [0.05, 0.1) is 14.2 Å². The van der Waals surface area contributed by atoms with E-state index in [4.69, 9.17) is 18.5 Å². The number of benzene rings is 4. The molecule has 4 rings (SSSR count). The van der Waals surface area contributed by atoms with Crippen molar-refractivity contribution >= 4 is 19.4 Å². The Balaban J connectivity index is 0.00000576. The Morgan fingerprint density at radius 3 is 1.30 bits per heavy atom. The van der Waals surface area contributed by atoms with Gasteiger partial charge in [0.1, 0.15) is 34.1 Å². The fourth-order valence-corrected chi connectivity index (χ4v) is 5.35. The number of aryl methyl sites for hydroxylation is 2. The maximum atomic E-state index is 13.0. The third-order valence-electron chi connectivity index (χ3n) is 6.76. The summed E-state index contributed by atoms with van der Waals surface area (Å²) >= 11 is 0. The molecule has 0 radical (unpaired) electrons. The van der Waals surface area contributed by atoms with Crippen LogP contribution in [0.5, 0.6) is 46.0 Å². The molecule has 0 heterocycles. The van der Waals surface area contributed by atoms with Crippen molar-refractivity contribution in [1.82, 2.24) is 0 Å². The number of Topliss-reactive ketones (excluding diaryl/α,β-unsaturated/α-hetero) is 2. The molecule has 4 aromatic carbocycles.